The molecule has 0 aliphatic rings. The van der Waals surface area contributed by atoms with Crippen LogP contribution in [0.5, 0.6) is 0 Å². The van der Waals surface area contributed by atoms with Crippen LogP contribution in [0.4, 0.5) is 5.69 Å². The van der Waals surface area contributed by atoms with Gasteiger partial charge in [0.15, 0.2) is 5.15 Å². The highest BCUT2D eigenvalue weighted by Gasteiger charge is 2.14. The van der Waals surface area contributed by atoms with E-state index in [-0.39, 0.29) is 10.7 Å². The Morgan fingerprint density at radius 2 is 1.83 bits per heavy atom. The van der Waals surface area contributed by atoms with Gasteiger partial charge in [0.2, 0.25) is 0 Å². The van der Waals surface area contributed by atoms with Gasteiger partial charge in [-0.3, -0.25) is 9.59 Å². The highest BCUT2D eigenvalue weighted by Crippen LogP contribution is 2.19. The maximum absolute atomic E-state index is 12.2. The first-order chi connectivity index (χ1) is 11.5. The number of amides is 1. The molecular formula is C16H10Cl2N4O2. The van der Waals surface area contributed by atoms with Gasteiger partial charge in [-0.05, 0) is 36.4 Å². The van der Waals surface area contributed by atoms with Gasteiger partial charge in [0.05, 0.1) is 5.69 Å². The molecule has 0 saturated carbocycles. The van der Waals surface area contributed by atoms with E-state index < -0.39 is 11.5 Å². The van der Waals surface area contributed by atoms with Crippen molar-refractivity contribution in [2.45, 2.75) is 0 Å². The lowest BCUT2D eigenvalue weighted by Crippen LogP contribution is -2.24. The Kier molecular flexibility index (Phi) is 4.59. The van der Waals surface area contributed by atoms with Crippen molar-refractivity contribution >= 4 is 34.8 Å². The molecule has 0 bridgehead atoms. The number of carbonyl (C=O) groups is 1. The molecule has 2 heterocycles. The van der Waals surface area contributed by atoms with Gasteiger partial charge in [0.25, 0.3) is 11.5 Å². The van der Waals surface area contributed by atoms with E-state index >= 15 is 0 Å². The molecule has 0 saturated heterocycles. The van der Waals surface area contributed by atoms with Crippen LogP contribution in [0.25, 0.3) is 11.4 Å². The van der Waals surface area contributed by atoms with Crippen LogP contribution in [-0.4, -0.2) is 20.9 Å². The average molecular weight is 361 g/mol. The Bertz CT molecular complexity index is 955. The number of nitrogens with one attached hydrogen (secondary N) is 2. The van der Waals surface area contributed by atoms with E-state index in [0.717, 1.165) is 0 Å². The largest absolute Gasteiger partial charge is 0.319 e. The lowest BCUT2D eigenvalue weighted by Gasteiger charge is -2.06. The van der Waals surface area contributed by atoms with Crippen molar-refractivity contribution in [1.82, 2.24) is 15.0 Å². The second-order valence-corrected chi connectivity index (χ2v) is 5.57. The smallest absolute Gasteiger partial charge is 0.264 e. The molecule has 0 aliphatic heterocycles. The fourth-order valence-electron chi connectivity index (χ4n) is 1.98. The van der Waals surface area contributed by atoms with Crippen LogP contribution < -0.4 is 10.9 Å². The van der Waals surface area contributed by atoms with Gasteiger partial charge in [0.1, 0.15) is 11.4 Å². The Labute approximate surface area is 146 Å². The summed E-state index contributed by atoms with van der Waals surface area (Å²) in [4.78, 5) is 34.9. The van der Waals surface area contributed by atoms with E-state index in [9.17, 15) is 9.59 Å². The van der Waals surface area contributed by atoms with Crippen LogP contribution in [0.15, 0.2) is 53.6 Å². The number of carbonyl (C=O) groups excluding carboxylic acids is 1. The average Bonchev–Trinajstić information content (AvgIpc) is 2.57. The fraction of sp³-hybridized carbons (Fsp3) is 0. The molecule has 24 heavy (non-hydrogen) atoms. The quantitative estimate of drug-likeness (QED) is 0.700. The first-order valence-electron chi connectivity index (χ1n) is 6.82. The van der Waals surface area contributed by atoms with Gasteiger partial charge in [-0.1, -0.05) is 23.2 Å². The summed E-state index contributed by atoms with van der Waals surface area (Å²) in [5, 5.41) is 3.23. The molecule has 0 fully saturated rings. The third-order valence-electron chi connectivity index (χ3n) is 3.17. The third-order valence-corrected chi connectivity index (χ3v) is 3.72. The van der Waals surface area contributed by atoms with Gasteiger partial charge in [-0.15, -0.1) is 0 Å². The summed E-state index contributed by atoms with van der Waals surface area (Å²) >= 11 is 11.7. The zero-order valence-electron chi connectivity index (χ0n) is 12.1. The SMILES string of the molecule is O=C(Nc1cccnc1Cl)c1cnc(-c2ccc(Cl)cc2)[nH]c1=O. The molecule has 2 aromatic heterocycles. The van der Waals surface area contributed by atoms with E-state index in [4.69, 9.17) is 23.2 Å². The molecule has 2 N–H and O–H groups in total. The predicted octanol–water partition coefficient (Wildman–Crippen LogP) is 3.39. The maximum atomic E-state index is 12.2. The molecule has 3 aromatic rings. The molecule has 0 unspecified atom stereocenters. The first kappa shape index (κ1) is 16.2. The summed E-state index contributed by atoms with van der Waals surface area (Å²) in [6.07, 6.45) is 2.70. The monoisotopic (exact) mass is 360 g/mol. The van der Waals surface area contributed by atoms with E-state index in [1.54, 1.807) is 36.4 Å². The first-order valence-corrected chi connectivity index (χ1v) is 7.57. The van der Waals surface area contributed by atoms with Gasteiger partial charge in [-0.2, -0.15) is 0 Å². The van der Waals surface area contributed by atoms with E-state index in [0.29, 0.717) is 22.1 Å². The summed E-state index contributed by atoms with van der Waals surface area (Å²) in [5.41, 5.74) is 0.296. The molecule has 0 aliphatic carbocycles. The molecular weight excluding hydrogens is 351 g/mol. The van der Waals surface area contributed by atoms with Crippen molar-refractivity contribution in [3.05, 3.63) is 74.9 Å². The number of H-pyrrole nitrogens is 1. The van der Waals surface area contributed by atoms with E-state index in [1.165, 1.54) is 12.4 Å². The van der Waals surface area contributed by atoms with Gasteiger partial charge in [-0.25, -0.2) is 9.97 Å². The highest BCUT2D eigenvalue weighted by atomic mass is 35.5. The third kappa shape index (κ3) is 3.45. The lowest BCUT2D eigenvalue weighted by atomic mass is 10.2. The number of anilines is 1. The number of benzene rings is 1. The second kappa shape index (κ2) is 6.82. The molecule has 1 aromatic carbocycles. The van der Waals surface area contributed by atoms with Crippen LogP contribution >= 0.6 is 23.2 Å². The zero-order chi connectivity index (χ0) is 17.1. The predicted molar refractivity (Wildman–Crippen MR) is 92.5 cm³/mol. The molecule has 8 heteroatoms. The van der Waals surface area contributed by atoms with Gasteiger partial charge >= 0.3 is 0 Å². The number of hydrogen-bond donors (Lipinski definition) is 2. The number of rotatable bonds is 3. The number of halogens is 2. The number of aromatic nitrogens is 3. The molecule has 0 atom stereocenters. The second-order valence-electron chi connectivity index (χ2n) is 4.78. The van der Waals surface area contributed by atoms with Crippen LogP contribution in [0.1, 0.15) is 10.4 Å². The van der Waals surface area contributed by atoms with Crippen molar-refractivity contribution in [3.8, 4) is 11.4 Å². The Morgan fingerprint density at radius 1 is 1.08 bits per heavy atom. The molecule has 0 spiro atoms. The normalized spacial score (nSPS) is 10.4. The fourth-order valence-corrected chi connectivity index (χ4v) is 2.27. The maximum Gasteiger partial charge on any atom is 0.264 e. The molecule has 1 amide bonds. The molecule has 0 radical (unpaired) electrons. The minimum Gasteiger partial charge on any atom is -0.319 e. The molecule has 6 nitrogen and oxygen atoms in total. The Balaban J connectivity index is 1.87. The van der Waals surface area contributed by atoms with Gasteiger partial charge < -0.3 is 10.3 Å². The highest BCUT2D eigenvalue weighted by molar-refractivity contribution is 6.32. The van der Waals surface area contributed by atoms with Crippen LogP contribution in [-0.2, 0) is 0 Å². The summed E-state index contributed by atoms with van der Waals surface area (Å²) in [6, 6.07) is 10.00. The lowest BCUT2D eigenvalue weighted by molar-refractivity contribution is 0.102. The minimum absolute atomic E-state index is 0.132. The Hall–Kier alpha value is -2.70. The number of hydrogen-bond acceptors (Lipinski definition) is 4. The summed E-state index contributed by atoms with van der Waals surface area (Å²) < 4.78 is 0. The molecule has 120 valence electrons. The van der Waals surface area contributed by atoms with Crippen molar-refractivity contribution in [2.24, 2.45) is 0 Å². The van der Waals surface area contributed by atoms with Crippen LogP contribution in [0.3, 0.4) is 0 Å². The van der Waals surface area contributed by atoms with Gasteiger partial charge in [0, 0.05) is 23.0 Å². The minimum atomic E-state index is -0.624. The number of aromatic amines is 1. The van der Waals surface area contributed by atoms with Crippen LogP contribution in [0, 0.1) is 0 Å². The standard InChI is InChI=1S/C16H10Cl2N4O2/c17-10-5-3-9(4-6-10)14-20-8-11(16(24)22-14)15(23)21-12-2-1-7-19-13(12)18/h1-8H,(H,21,23)(H,20,22,24). The van der Waals surface area contributed by atoms with Crippen molar-refractivity contribution in [3.63, 3.8) is 0 Å². The number of nitrogens with zero attached hydrogens (tertiary/aromatic N) is 2. The van der Waals surface area contributed by atoms with Crippen LogP contribution in [0.2, 0.25) is 10.2 Å². The summed E-state index contributed by atoms with van der Waals surface area (Å²) in [5.74, 6) is -0.283. The summed E-state index contributed by atoms with van der Waals surface area (Å²) in [6.45, 7) is 0. The number of pyridine rings is 1. The Morgan fingerprint density at radius 3 is 2.50 bits per heavy atom. The van der Waals surface area contributed by atoms with Crippen molar-refractivity contribution in [1.29, 1.82) is 0 Å². The zero-order valence-corrected chi connectivity index (χ0v) is 13.6. The topological polar surface area (TPSA) is 87.7 Å². The van der Waals surface area contributed by atoms with E-state index in [1.807, 2.05) is 0 Å². The van der Waals surface area contributed by atoms with Crippen molar-refractivity contribution in [2.75, 3.05) is 5.32 Å². The summed E-state index contributed by atoms with van der Waals surface area (Å²) in [7, 11) is 0. The van der Waals surface area contributed by atoms with Crippen molar-refractivity contribution < 1.29 is 4.79 Å². The molecule has 3 rings (SSSR count). The van der Waals surface area contributed by atoms with E-state index in [2.05, 4.69) is 20.3 Å².